The Morgan fingerprint density at radius 2 is 1.97 bits per heavy atom. The summed E-state index contributed by atoms with van der Waals surface area (Å²) in [5.41, 5.74) is 0.686. The number of thioether (sulfide) groups is 3. The summed E-state index contributed by atoms with van der Waals surface area (Å²) in [6, 6.07) is 7.92. The number of pyridine rings is 1. The van der Waals surface area contributed by atoms with Crippen LogP contribution < -0.4 is 5.32 Å². The molecular weight excluding hydrogens is 525 g/mol. The maximum atomic E-state index is 12.8. The molecule has 0 aliphatic carbocycles. The molecule has 1 aromatic carbocycles. The lowest BCUT2D eigenvalue weighted by Crippen LogP contribution is -2.70. The van der Waals surface area contributed by atoms with Gasteiger partial charge in [-0.1, -0.05) is 23.2 Å². The van der Waals surface area contributed by atoms with E-state index in [0.29, 0.717) is 32.0 Å². The molecule has 0 radical (unpaired) electrons. The van der Waals surface area contributed by atoms with Crippen molar-refractivity contribution in [2.75, 3.05) is 17.3 Å². The molecule has 1 saturated heterocycles. The normalized spacial score (nSPS) is 19.7. The minimum absolute atomic E-state index is 0.0101. The number of hydrogen-bond acceptors (Lipinski definition) is 7. The van der Waals surface area contributed by atoms with Crippen LogP contribution in [0.2, 0.25) is 10.0 Å². The zero-order valence-corrected chi connectivity index (χ0v) is 20.8. The fourth-order valence-corrected chi connectivity index (χ4v) is 7.02. The first-order chi connectivity index (χ1) is 15.8. The number of halogens is 2. The summed E-state index contributed by atoms with van der Waals surface area (Å²) in [6.45, 7) is 0. The summed E-state index contributed by atoms with van der Waals surface area (Å²) < 4.78 is 0. The van der Waals surface area contributed by atoms with Crippen molar-refractivity contribution in [1.29, 1.82) is 0 Å². The molecule has 7 nitrogen and oxygen atoms in total. The highest BCUT2D eigenvalue weighted by molar-refractivity contribution is 8.01. The second-order valence-corrected chi connectivity index (χ2v) is 11.1. The number of carboxylic acids is 1. The van der Waals surface area contributed by atoms with Crippen LogP contribution in [0.4, 0.5) is 0 Å². The maximum absolute atomic E-state index is 12.8. The number of aliphatic carboxylic acids is 1. The van der Waals surface area contributed by atoms with Crippen molar-refractivity contribution in [3.63, 3.8) is 0 Å². The molecule has 12 heteroatoms. The van der Waals surface area contributed by atoms with E-state index in [1.54, 1.807) is 30.6 Å². The number of fused-ring (bicyclic) bond motifs is 1. The van der Waals surface area contributed by atoms with Crippen LogP contribution in [-0.2, 0) is 14.4 Å². The molecule has 2 atom stereocenters. The third kappa shape index (κ3) is 5.46. The first kappa shape index (κ1) is 24.3. The maximum Gasteiger partial charge on any atom is 0.352 e. The number of amides is 2. The Balaban J connectivity index is 1.38. The lowest BCUT2D eigenvalue weighted by molar-refractivity contribution is -0.150. The highest BCUT2D eigenvalue weighted by Crippen LogP contribution is 2.41. The molecule has 4 rings (SSSR count). The fraction of sp³-hybridized carbons (Fsp3) is 0.238. The number of nitrogens with zero attached hydrogens (tertiary/aromatic N) is 2. The van der Waals surface area contributed by atoms with Gasteiger partial charge in [0.1, 0.15) is 17.1 Å². The second-order valence-electron chi connectivity index (χ2n) is 7.05. The molecule has 1 aromatic heterocycles. The molecular formula is C21H17Cl2N3O4S3. The standard InChI is InChI=1S/C21H17Cl2N3O4S3/c22-12-1-2-14(23)15(7-12)32-10-16(27)25-17-19(28)26-18(21(29)30)11(9-33-20(17)26)8-31-13-3-5-24-6-4-13/h1-7,17,20H,8-10H2,(H,25,27)(H,29,30)/t17-,20-/m1/s1. The molecule has 2 aliphatic rings. The number of carboxylic acid groups (broad SMARTS) is 1. The van der Waals surface area contributed by atoms with Gasteiger partial charge >= 0.3 is 5.97 Å². The molecule has 2 amide bonds. The molecule has 0 saturated carbocycles. The zero-order valence-electron chi connectivity index (χ0n) is 16.9. The van der Waals surface area contributed by atoms with Crippen LogP contribution in [0, 0.1) is 0 Å². The molecule has 0 spiro atoms. The highest BCUT2D eigenvalue weighted by Gasteiger charge is 2.54. The summed E-state index contributed by atoms with van der Waals surface area (Å²) in [6.07, 6.45) is 3.34. The average molecular weight is 542 g/mol. The van der Waals surface area contributed by atoms with Crippen molar-refractivity contribution in [1.82, 2.24) is 15.2 Å². The van der Waals surface area contributed by atoms with Gasteiger partial charge in [-0.2, -0.15) is 0 Å². The van der Waals surface area contributed by atoms with Gasteiger partial charge in [-0.3, -0.25) is 19.5 Å². The van der Waals surface area contributed by atoms with Gasteiger partial charge in [0.05, 0.1) is 10.8 Å². The molecule has 3 heterocycles. The van der Waals surface area contributed by atoms with Crippen LogP contribution in [0.25, 0.3) is 0 Å². The Hall–Kier alpha value is -1.85. The van der Waals surface area contributed by atoms with Crippen molar-refractivity contribution in [3.8, 4) is 0 Å². The van der Waals surface area contributed by atoms with E-state index in [0.717, 1.165) is 4.90 Å². The molecule has 1 fully saturated rings. The molecule has 0 unspecified atom stereocenters. The van der Waals surface area contributed by atoms with E-state index in [1.165, 1.54) is 40.2 Å². The van der Waals surface area contributed by atoms with Gasteiger partial charge in [-0.25, -0.2) is 4.79 Å². The van der Waals surface area contributed by atoms with E-state index in [-0.39, 0.29) is 17.4 Å². The van der Waals surface area contributed by atoms with E-state index < -0.39 is 23.3 Å². The number of benzene rings is 1. The summed E-state index contributed by atoms with van der Waals surface area (Å²) in [4.78, 5) is 44.1. The smallest absolute Gasteiger partial charge is 0.352 e. The number of rotatable bonds is 8. The molecule has 2 N–H and O–H groups in total. The fourth-order valence-electron chi connectivity index (χ4n) is 3.35. The number of aromatic nitrogens is 1. The van der Waals surface area contributed by atoms with Gasteiger partial charge in [-0.05, 0) is 35.9 Å². The summed E-state index contributed by atoms with van der Waals surface area (Å²) >= 11 is 16.2. The van der Waals surface area contributed by atoms with Crippen molar-refractivity contribution < 1.29 is 19.5 Å². The van der Waals surface area contributed by atoms with Crippen LogP contribution in [0.5, 0.6) is 0 Å². The Labute approximate surface area is 212 Å². The van der Waals surface area contributed by atoms with Gasteiger partial charge in [-0.15, -0.1) is 35.3 Å². The Morgan fingerprint density at radius 1 is 1.21 bits per heavy atom. The van der Waals surface area contributed by atoms with E-state index in [2.05, 4.69) is 10.3 Å². The highest BCUT2D eigenvalue weighted by atomic mass is 35.5. The molecule has 2 aliphatic heterocycles. The van der Waals surface area contributed by atoms with Crippen molar-refractivity contribution in [2.45, 2.75) is 21.2 Å². The van der Waals surface area contributed by atoms with E-state index in [4.69, 9.17) is 23.2 Å². The van der Waals surface area contributed by atoms with Gasteiger partial charge in [0.2, 0.25) is 5.91 Å². The Kier molecular flexibility index (Phi) is 7.80. The molecule has 2 aromatic rings. The van der Waals surface area contributed by atoms with E-state index in [9.17, 15) is 19.5 Å². The van der Waals surface area contributed by atoms with Crippen molar-refractivity contribution in [3.05, 3.63) is 64.0 Å². The lowest BCUT2D eigenvalue weighted by atomic mass is 10.0. The van der Waals surface area contributed by atoms with Gasteiger partial charge in [0.15, 0.2) is 0 Å². The van der Waals surface area contributed by atoms with Gasteiger partial charge in [0, 0.05) is 38.7 Å². The van der Waals surface area contributed by atoms with Crippen LogP contribution in [0.1, 0.15) is 0 Å². The number of β-lactam (4-membered cyclic amide) rings is 1. The first-order valence-corrected chi connectivity index (χ1v) is 13.4. The third-order valence-electron chi connectivity index (χ3n) is 4.88. The number of carbonyl (C=O) groups is 3. The van der Waals surface area contributed by atoms with Gasteiger partial charge in [0.25, 0.3) is 5.91 Å². The molecule has 33 heavy (non-hydrogen) atoms. The van der Waals surface area contributed by atoms with Crippen LogP contribution in [-0.4, -0.2) is 61.4 Å². The minimum Gasteiger partial charge on any atom is -0.477 e. The first-order valence-electron chi connectivity index (χ1n) is 9.65. The van der Waals surface area contributed by atoms with Crippen LogP contribution in [0.3, 0.4) is 0 Å². The SMILES string of the molecule is O=C(CSc1cc(Cl)ccc1Cl)N[C@@H]1C(=O)N2C(C(=O)O)=C(CSc3ccncc3)CS[C@H]12. The second kappa shape index (κ2) is 10.6. The largest absolute Gasteiger partial charge is 0.477 e. The topological polar surface area (TPSA) is 99.6 Å². The molecule has 0 bridgehead atoms. The summed E-state index contributed by atoms with van der Waals surface area (Å²) in [7, 11) is 0. The van der Waals surface area contributed by atoms with Crippen molar-refractivity contribution >= 4 is 76.3 Å². The minimum atomic E-state index is -1.14. The summed E-state index contributed by atoms with van der Waals surface area (Å²) in [5, 5.41) is 13.1. The predicted octanol–water partition coefficient (Wildman–Crippen LogP) is 4.01. The Morgan fingerprint density at radius 3 is 2.70 bits per heavy atom. The van der Waals surface area contributed by atoms with Crippen molar-refractivity contribution in [2.24, 2.45) is 0 Å². The lowest BCUT2D eigenvalue weighted by Gasteiger charge is -2.49. The Bertz CT molecular complexity index is 1130. The van der Waals surface area contributed by atoms with Gasteiger partial charge < -0.3 is 10.4 Å². The molecule has 172 valence electrons. The zero-order chi connectivity index (χ0) is 23.5. The van der Waals surface area contributed by atoms with Crippen LogP contribution in [0.15, 0.2) is 63.8 Å². The average Bonchev–Trinajstić information content (AvgIpc) is 2.81. The summed E-state index contributed by atoms with van der Waals surface area (Å²) in [5.74, 6) is -0.938. The van der Waals surface area contributed by atoms with Crippen LogP contribution >= 0.6 is 58.5 Å². The monoisotopic (exact) mass is 541 g/mol. The number of carbonyl (C=O) groups excluding carboxylic acids is 2. The number of hydrogen-bond donors (Lipinski definition) is 2. The quantitative estimate of drug-likeness (QED) is 0.382. The van der Waals surface area contributed by atoms with E-state index in [1.807, 2.05) is 12.1 Å². The van der Waals surface area contributed by atoms with E-state index >= 15 is 0 Å². The predicted molar refractivity (Wildman–Crippen MR) is 132 cm³/mol. The third-order valence-corrected chi connectivity index (χ3v) is 9.05. The number of nitrogens with one attached hydrogen (secondary N) is 1.